The molecule has 0 radical (unpaired) electrons. The number of likely N-dealkylation sites (N-methyl/N-ethyl adjacent to an activating group) is 2. The Morgan fingerprint density at radius 2 is 1.09 bits per heavy atom. The van der Waals surface area contributed by atoms with Gasteiger partial charge in [-0.3, -0.25) is 19.2 Å². The Labute approximate surface area is 336 Å². The van der Waals surface area contributed by atoms with E-state index in [4.69, 9.17) is 0 Å². The van der Waals surface area contributed by atoms with Gasteiger partial charge in [0.05, 0.1) is 35.7 Å². The fourth-order valence-corrected chi connectivity index (χ4v) is 8.42. The van der Waals surface area contributed by atoms with Crippen LogP contribution in [0.2, 0.25) is 0 Å². The maximum atomic E-state index is 14.8. The molecule has 2 aromatic carbocycles. The third-order valence-corrected chi connectivity index (χ3v) is 11.9. The molecule has 0 unspecified atom stereocenters. The highest BCUT2D eigenvalue weighted by molar-refractivity contribution is 5.97. The van der Waals surface area contributed by atoms with Crippen molar-refractivity contribution in [2.75, 3.05) is 27.2 Å². The predicted octanol–water partition coefficient (Wildman–Crippen LogP) is 2.61. The van der Waals surface area contributed by atoms with Crippen LogP contribution >= 0.6 is 0 Å². The van der Waals surface area contributed by atoms with Gasteiger partial charge in [0.2, 0.25) is 23.6 Å². The SMILES string of the molecule is CC[C@H](NC(=O)[C@H](C)NC)C(=O)N1C[C@H](O)C[C@@H]1Cc1c(-c2[nH]c3cc(F)ccc3c2C[C@@H]2C[C@H](O)CN2C(=O)[C@H](CC)NC(=O)[C@@H](C)NC)[nH]c2cc(F)ccc12. The van der Waals surface area contributed by atoms with E-state index < -0.39 is 60.1 Å². The Balaban J connectivity index is 1.40. The average Bonchev–Trinajstić information content (AvgIpc) is 3.96. The molecule has 6 rings (SSSR count). The molecule has 58 heavy (non-hydrogen) atoms. The molecule has 2 fully saturated rings. The molecule has 0 saturated carbocycles. The zero-order chi connectivity index (χ0) is 42.0. The predicted molar refractivity (Wildman–Crippen MR) is 217 cm³/mol. The fourth-order valence-electron chi connectivity index (χ4n) is 8.42. The van der Waals surface area contributed by atoms with Gasteiger partial charge in [-0.15, -0.1) is 0 Å². The zero-order valence-electron chi connectivity index (χ0n) is 33.9. The molecule has 4 aromatic rings. The third-order valence-electron chi connectivity index (χ3n) is 11.9. The molecule has 4 amide bonds. The maximum Gasteiger partial charge on any atom is 0.245 e. The van der Waals surface area contributed by atoms with Crippen molar-refractivity contribution in [2.45, 2.75) is 115 Å². The van der Waals surface area contributed by atoms with E-state index in [2.05, 4.69) is 31.2 Å². The molecule has 14 nitrogen and oxygen atoms in total. The summed E-state index contributed by atoms with van der Waals surface area (Å²) in [6.07, 6.45) is 0.0738. The lowest BCUT2D eigenvalue weighted by atomic mass is 9.94. The van der Waals surface area contributed by atoms with Gasteiger partial charge in [-0.1, -0.05) is 13.8 Å². The maximum absolute atomic E-state index is 14.8. The Bertz CT molecular complexity index is 2010. The van der Waals surface area contributed by atoms with Crippen molar-refractivity contribution in [1.82, 2.24) is 41.0 Å². The van der Waals surface area contributed by atoms with Crippen molar-refractivity contribution < 1.29 is 38.2 Å². The molecule has 8 N–H and O–H groups in total. The molecule has 2 saturated heterocycles. The lowest BCUT2D eigenvalue weighted by Crippen LogP contribution is -2.53. The highest BCUT2D eigenvalue weighted by Crippen LogP contribution is 2.40. The number of aliphatic hydroxyl groups is 2. The van der Waals surface area contributed by atoms with Crippen LogP contribution in [-0.2, 0) is 32.0 Å². The van der Waals surface area contributed by atoms with Crippen LogP contribution in [0.25, 0.3) is 33.2 Å². The smallest absolute Gasteiger partial charge is 0.245 e. The standard InChI is InChI=1S/C42H56F2N8O6/c1-7-33(49-39(55)21(3)45-5)41(57)51-19-27(53)15-25(51)17-31-29-11-9-23(43)13-35(29)47-37(31)38-32(30-12-10-24(44)14-36(30)48-38)18-26-16-28(54)20-52(26)42(58)34(8-2)50-40(56)22(4)46-6/h9-14,21-22,25-28,33-34,45-48,53-54H,7-8,15-20H2,1-6H3,(H,49,55)(H,50,56)/t21-,22+,25+,26-,27+,28-,33-,34-/m0/s1. The van der Waals surface area contributed by atoms with Gasteiger partial charge in [0.15, 0.2) is 0 Å². The van der Waals surface area contributed by atoms with Crippen molar-refractivity contribution in [1.29, 1.82) is 0 Å². The first-order valence-corrected chi connectivity index (χ1v) is 20.2. The molecule has 4 heterocycles. The largest absolute Gasteiger partial charge is 0.391 e. The van der Waals surface area contributed by atoms with Crippen LogP contribution in [0.3, 0.4) is 0 Å². The van der Waals surface area contributed by atoms with Crippen LogP contribution < -0.4 is 21.3 Å². The molecule has 2 aliphatic rings. The summed E-state index contributed by atoms with van der Waals surface area (Å²) in [6, 6.07) is 5.13. The number of nitrogens with one attached hydrogen (secondary N) is 6. The molecular weight excluding hydrogens is 751 g/mol. The zero-order valence-corrected chi connectivity index (χ0v) is 33.9. The minimum absolute atomic E-state index is 0.0711. The number of aromatic nitrogens is 2. The van der Waals surface area contributed by atoms with E-state index in [0.717, 1.165) is 11.1 Å². The number of fused-ring (bicyclic) bond motifs is 2. The van der Waals surface area contributed by atoms with Crippen molar-refractivity contribution in [3.05, 3.63) is 59.2 Å². The van der Waals surface area contributed by atoms with Crippen molar-refractivity contribution >= 4 is 45.4 Å². The first-order chi connectivity index (χ1) is 27.7. The molecule has 0 spiro atoms. The minimum atomic E-state index is -0.817. The summed E-state index contributed by atoms with van der Waals surface area (Å²) in [6.45, 7) is 7.15. The number of hydrogen-bond donors (Lipinski definition) is 8. The number of nitrogens with zero attached hydrogens (tertiary/aromatic N) is 2. The average molecular weight is 807 g/mol. The summed E-state index contributed by atoms with van der Waals surface area (Å²) < 4.78 is 29.6. The van der Waals surface area contributed by atoms with Gasteiger partial charge in [0.1, 0.15) is 23.7 Å². The Morgan fingerprint density at radius 1 is 0.707 bits per heavy atom. The van der Waals surface area contributed by atoms with E-state index in [1.165, 1.54) is 24.3 Å². The summed E-state index contributed by atoms with van der Waals surface area (Å²) in [5.74, 6) is -2.21. The van der Waals surface area contributed by atoms with Crippen LogP contribution in [0.1, 0.15) is 64.5 Å². The number of halogens is 2. The highest BCUT2D eigenvalue weighted by Gasteiger charge is 2.41. The highest BCUT2D eigenvalue weighted by atomic mass is 19.1. The van der Waals surface area contributed by atoms with Gasteiger partial charge >= 0.3 is 0 Å². The number of β-amino-alcohol motifs (C(OH)–C–C–N with tert-alkyl or cyclic N) is 2. The van der Waals surface area contributed by atoms with E-state index in [1.54, 1.807) is 49.9 Å². The number of hydrogen-bond acceptors (Lipinski definition) is 8. The third kappa shape index (κ3) is 8.75. The molecule has 0 bridgehead atoms. The van der Waals surface area contributed by atoms with Gasteiger partial charge in [-0.25, -0.2) is 8.78 Å². The second kappa shape index (κ2) is 17.9. The monoisotopic (exact) mass is 806 g/mol. The quantitative estimate of drug-likeness (QED) is 0.0899. The van der Waals surface area contributed by atoms with Crippen molar-refractivity contribution in [3.63, 3.8) is 0 Å². The van der Waals surface area contributed by atoms with Crippen LogP contribution in [0, 0.1) is 11.6 Å². The molecule has 0 aliphatic carbocycles. The summed E-state index contributed by atoms with van der Waals surface area (Å²) in [5.41, 5.74) is 3.58. The van der Waals surface area contributed by atoms with Crippen LogP contribution in [0.5, 0.6) is 0 Å². The van der Waals surface area contributed by atoms with Crippen LogP contribution in [0.4, 0.5) is 8.78 Å². The van der Waals surface area contributed by atoms with E-state index in [0.29, 0.717) is 46.0 Å². The Hall–Kier alpha value is -4.90. The number of rotatable bonds is 15. The summed E-state index contributed by atoms with van der Waals surface area (Å²) in [4.78, 5) is 63.7. The van der Waals surface area contributed by atoms with Gasteiger partial charge in [0, 0.05) is 47.0 Å². The number of carbonyl (C=O) groups is 4. The second-order valence-electron chi connectivity index (χ2n) is 15.8. The number of carbonyl (C=O) groups excluding carboxylic acids is 4. The van der Waals surface area contributed by atoms with Crippen molar-refractivity contribution in [3.8, 4) is 11.4 Å². The van der Waals surface area contributed by atoms with E-state index >= 15 is 0 Å². The Kier molecular flexibility index (Phi) is 13.2. The molecule has 16 heteroatoms. The number of benzene rings is 2. The minimum Gasteiger partial charge on any atom is -0.391 e. The van der Waals surface area contributed by atoms with Crippen molar-refractivity contribution in [2.24, 2.45) is 0 Å². The molecule has 2 aliphatic heterocycles. The lowest BCUT2D eigenvalue weighted by Gasteiger charge is -2.30. The summed E-state index contributed by atoms with van der Waals surface area (Å²) in [7, 11) is 3.31. The first-order valence-electron chi connectivity index (χ1n) is 20.2. The molecule has 2 aromatic heterocycles. The van der Waals surface area contributed by atoms with Crippen LogP contribution in [0.15, 0.2) is 36.4 Å². The topological polar surface area (TPSA) is 195 Å². The summed E-state index contributed by atoms with van der Waals surface area (Å²) >= 11 is 0. The van der Waals surface area contributed by atoms with E-state index in [-0.39, 0.29) is 62.4 Å². The normalized spacial score (nSPS) is 21.7. The van der Waals surface area contributed by atoms with E-state index in [1.807, 2.05) is 13.8 Å². The molecule has 314 valence electrons. The lowest BCUT2D eigenvalue weighted by molar-refractivity contribution is -0.138. The molecular formula is C42H56F2N8O6. The first kappa shape index (κ1) is 42.7. The Morgan fingerprint density at radius 3 is 1.43 bits per heavy atom. The fraction of sp³-hybridized carbons (Fsp3) is 0.524. The second-order valence-corrected chi connectivity index (χ2v) is 15.8. The van der Waals surface area contributed by atoms with Crippen LogP contribution in [-0.4, -0.2) is 129 Å². The van der Waals surface area contributed by atoms with E-state index in [9.17, 15) is 38.2 Å². The van der Waals surface area contributed by atoms with Gasteiger partial charge in [-0.05, 0) is 114 Å². The van der Waals surface area contributed by atoms with Gasteiger partial charge < -0.3 is 51.2 Å². The van der Waals surface area contributed by atoms with Gasteiger partial charge in [-0.2, -0.15) is 0 Å². The number of amides is 4. The number of aromatic amines is 2. The number of H-pyrrole nitrogens is 2. The number of likely N-dealkylation sites (tertiary alicyclic amines) is 2. The molecule has 8 atom stereocenters. The summed E-state index contributed by atoms with van der Waals surface area (Å²) in [5, 5.41) is 34.7. The van der Waals surface area contributed by atoms with Gasteiger partial charge in [0.25, 0.3) is 0 Å². The number of aliphatic hydroxyl groups excluding tert-OH is 2.